The lowest BCUT2D eigenvalue weighted by atomic mass is 10.3. The van der Waals surface area contributed by atoms with Gasteiger partial charge in [-0.25, -0.2) is 0 Å². The fraction of sp³-hybridized carbons (Fsp3) is 0.667. The van der Waals surface area contributed by atoms with Crippen molar-refractivity contribution < 1.29 is 38.0 Å². The minimum atomic E-state index is -0.243. The third-order valence-corrected chi connectivity index (χ3v) is 3.48. The van der Waals surface area contributed by atoms with Crippen LogP contribution >= 0.6 is 0 Å². The molecule has 0 aromatic heterocycles. The van der Waals surface area contributed by atoms with E-state index in [0.717, 1.165) is 5.75 Å². The molecule has 0 atom stereocenters. The normalized spacial score (nSPS) is 10.8. The van der Waals surface area contributed by atoms with Crippen molar-refractivity contribution in [2.75, 3.05) is 79.3 Å². The summed E-state index contributed by atoms with van der Waals surface area (Å²) >= 11 is 0. The Morgan fingerprint density at radius 3 is 1.59 bits per heavy atom. The van der Waals surface area contributed by atoms with Crippen molar-refractivity contribution in [1.82, 2.24) is 0 Å². The molecular formula is C21H34O8. The maximum absolute atomic E-state index is 11.1. The molecule has 0 fully saturated rings. The number of rotatable bonds is 20. The van der Waals surface area contributed by atoms with Crippen molar-refractivity contribution in [1.29, 1.82) is 0 Å². The molecule has 0 spiro atoms. The number of carbonyl (C=O) groups excluding carboxylic acids is 1. The Morgan fingerprint density at radius 2 is 1.10 bits per heavy atom. The second-order valence-corrected chi connectivity index (χ2v) is 5.78. The maximum atomic E-state index is 11.1. The molecule has 0 unspecified atom stereocenters. The molecule has 0 aliphatic rings. The molecular weight excluding hydrogens is 380 g/mol. The van der Waals surface area contributed by atoms with Gasteiger partial charge in [0.05, 0.1) is 79.1 Å². The van der Waals surface area contributed by atoms with Crippen molar-refractivity contribution in [3.63, 3.8) is 0 Å². The Labute approximate surface area is 173 Å². The summed E-state index contributed by atoms with van der Waals surface area (Å²) in [6.45, 7) is 7.54. The van der Waals surface area contributed by atoms with E-state index >= 15 is 0 Å². The highest BCUT2D eigenvalue weighted by Gasteiger charge is 2.00. The predicted molar refractivity (Wildman–Crippen MR) is 107 cm³/mol. The van der Waals surface area contributed by atoms with Crippen LogP contribution in [0.1, 0.15) is 13.3 Å². The summed E-state index contributed by atoms with van der Waals surface area (Å²) in [7, 11) is 0. The molecule has 8 nitrogen and oxygen atoms in total. The van der Waals surface area contributed by atoms with E-state index in [4.69, 9.17) is 33.2 Å². The molecule has 0 amide bonds. The first-order chi connectivity index (χ1) is 14.3. The van der Waals surface area contributed by atoms with E-state index in [9.17, 15) is 4.79 Å². The summed E-state index contributed by atoms with van der Waals surface area (Å²) in [6.07, 6.45) is 0.267. The average molecular weight is 414 g/mol. The molecule has 0 N–H and O–H groups in total. The highest BCUT2D eigenvalue weighted by atomic mass is 16.6. The summed E-state index contributed by atoms with van der Waals surface area (Å²) in [4.78, 5) is 11.1. The minimum absolute atomic E-state index is 0.243. The Morgan fingerprint density at radius 1 is 0.655 bits per heavy atom. The van der Waals surface area contributed by atoms with Crippen LogP contribution in [-0.4, -0.2) is 85.3 Å². The van der Waals surface area contributed by atoms with Gasteiger partial charge in [0.25, 0.3) is 0 Å². The molecule has 8 heteroatoms. The van der Waals surface area contributed by atoms with E-state index in [2.05, 4.69) is 0 Å². The van der Waals surface area contributed by atoms with Crippen LogP contribution in [0.4, 0.5) is 0 Å². The first kappa shape index (κ1) is 25.3. The van der Waals surface area contributed by atoms with Gasteiger partial charge >= 0.3 is 5.97 Å². The topological polar surface area (TPSA) is 81.7 Å². The Kier molecular flexibility index (Phi) is 17.1. The first-order valence-electron chi connectivity index (χ1n) is 10.0. The summed E-state index contributed by atoms with van der Waals surface area (Å²) in [5.74, 6) is 0.600. The zero-order valence-electron chi connectivity index (χ0n) is 17.3. The van der Waals surface area contributed by atoms with Crippen molar-refractivity contribution in [2.45, 2.75) is 13.3 Å². The standard InChI is InChI=1S/C21H34O8/c1-2-28-21(22)8-9-23-10-11-24-12-13-25-14-15-26-16-17-27-18-19-29-20-6-4-3-5-7-20/h3-7H,2,8-19H2,1H3. The van der Waals surface area contributed by atoms with Gasteiger partial charge in [0, 0.05) is 0 Å². The van der Waals surface area contributed by atoms with E-state index in [0.29, 0.717) is 79.3 Å². The molecule has 0 aliphatic heterocycles. The highest BCUT2D eigenvalue weighted by molar-refractivity contribution is 5.69. The molecule has 1 aromatic rings. The highest BCUT2D eigenvalue weighted by Crippen LogP contribution is 2.07. The molecule has 0 bridgehead atoms. The van der Waals surface area contributed by atoms with Crippen molar-refractivity contribution >= 4 is 5.97 Å². The number of esters is 1. The van der Waals surface area contributed by atoms with Gasteiger partial charge < -0.3 is 33.2 Å². The second kappa shape index (κ2) is 19.6. The van der Waals surface area contributed by atoms with Gasteiger partial charge in [0.2, 0.25) is 0 Å². The van der Waals surface area contributed by atoms with E-state index in [1.807, 2.05) is 30.3 Å². The Hall–Kier alpha value is -1.71. The largest absolute Gasteiger partial charge is 0.491 e. The number of hydrogen-bond acceptors (Lipinski definition) is 8. The van der Waals surface area contributed by atoms with E-state index in [1.165, 1.54) is 0 Å². The van der Waals surface area contributed by atoms with Crippen LogP contribution in [0.2, 0.25) is 0 Å². The Balaban J connectivity index is 1.69. The third kappa shape index (κ3) is 16.9. The van der Waals surface area contributed by atoms with Gasteiger partial charge in [-0.3, -0.25) is 4.79 Å². The van der Waals surface area contributed by atoms with Gasteiger partial charge in [-0.15, -0.1) is 0 Å². The molecule has 1 aromatic carbocycles. The summed E-state index contributed by atoms with van der Waals surface area (Å²) in [6, 6.07) is 9.64. The van der Waals surface area contributed by atoms with E-state index < -0.39 is 0 Å². The fourth-order valence-electron chi connectivity index (χ4n) is 2.11. The fourth-order valence-corrected chi connectivity index (χ4v) is 2.11. The zero-order chi connectivity index (χ0) is 20.8. The lowest BCUT2D eigenvalue weighted by Gasteiger charge is -2.08. The third-order valence-electron chi connectivity index (χ3n) is 3.48. The smallest absolute Gasteiger partial charge is 0.308 e. The summed E-state index contributed by atoms with van der Waals surface area (Å²) in [5.41, 5.74) is 0. The zero-order valence-corrected chi connectivity index (χ0v) is 17.3. The number of carbonyl (C=O) groups is 1. The van der Waals surface area contributed by atoms with Crippen LogP contribution in [0.15, 0.2) is 30.3 Å². The second-order valence-electron chi connectivity index (χ2n) is 5.78. The van der Waals surface area contributed by atoms with Crippen molar-refractivity contribution in [3.8, 4) is 5.75 Å². The van der Waals surface area contributed by atoms with Crippen LogP contribution in [0.3, 0.4) is 0 Å². The molecule has 29 heavy (non-hydrogen) atoms. The lowest BCUT2D eigenvalue weighted by molar-refractivity contribution is -0.144. The molecule has 0 aliphatic carbocycles. The van der Waals surface area contributed by atoms with Crippen LogP contribution < -0.4 is 4.74 Å². The number of benzene rings is 1. The maximum Gasteiger partial charge on any atom is 0.308 e. The molecule has 0 heterocycles. The monoisotopic (exact) mass is 414 g/mol. The van der Waals surface area contributed by atoms with Gasteiger partial charge in [-0.2, -0.15) is 0 Å². The first-order valence-corrected chi connectivity index (χ1v) is 10.0. The van der Waals surface area contributed by atoms with Crippen LogP contribution in [-0.2, 0) is 33.2 Å². The molecule has 166 valence electrons. The van der Waals surface area contributed by atoms with Gasteiger partial charge in [0.15, 0.2) is 0 Å². The minimum Gasteiger partial charge on any atom is -0.491 e. The van der Waals surface area contributed by atoms with Crippen LogP contribution in [0, 0.1) is 0 Å². The van der Waals surface area contributed by atoms with Crippen molar-refractivity contribution in [2.24, 2.45) is 0 Å². The summed E-state index contributed by atoms with van der Waals surface area (Å²) in [5, 5.41) is 0. The number of hydrogen-bond donors (Lipinski definition) is 0. The van der Waals surface area contributed by atoms with E-state index in [-0.39, 0.29) is 12.4 Å². The average Bonchev–Trinajstić information content (AvgIpc) is 2.74. The quantitative estimate of drug-likeness (QED) is 0.237. The van der Waals surface area contributed by atoms with Gasteiger partial charge in [-0.1, -0.05) is 18.2 Å². The van der Waals surface area contributed by atoms with Crippen LogP contribution in [0.25, 0.3) is 0 Å². The van der Waals surface area contributed by atoms with Gasteiger partial charge in [0.1, 0.15) is 12.4 Å². The lowest BCUT2D eigenvalue weighted by Crippen LogP contribution is -2.14. The van der Waals surface area contributed by atoms with Crippen LogP contribution in [0.5, 0.6) is 5.75 Å². The molecule has 0 saturated heterocycles. The predicted octanol–water partition coefficient (Wildman–Crippen LogP) is 2.10. The summed E-state index contributed by atoms with van der Waals surface area (Å²) < 4.78 is 37.2. The van der Waals surface area contributed by atoms with E-state index in [1.54, 1.807) is 6.92 Å². The number of para-hydroxylation sites is 1. The SMILES string of the molecule is CCOC(=O)CCOCCOCCOCCOCCOCCOc1ccccc1. The molecule has 0 radical (unpaired) electrons. The molecule has 1 rings (SSSR count). The Bertz CT molecular complexity index is 483. The number of ether oxygens (including phenoxy) is 7. The van der Waals surface area contributed by atoms with Gasteiger partial charge in [-0.05, 0) is 19.1 Å². The molecule has 0 saturated carbocycles. The van der Waals surface area contributed by atoms with Crippen molar-refractivity contribution in [3.05, 3.63) is 30.3 Å².